The average molecular weight is 204 g/mol. The van der Waals surface area contributed by atoms with Crippen LogP contribution in [0.15, 0.2) is 35.1 Å². The zero-order valence-corrected chi connectivity index (χ0v) is 8.16. The monoisotopic (exact) mass is 204 g/mol. The molecule has 0 unspecified atom stereocenters. The van der Waals surface area contributed by atoms with Crippen LogP contribution in [0.25, 0.3) is 11.1 Å². The molecule has 2 nitrogen and oxygen atoms in total. The third-order valence-electron chi connectivity index (χ3n) is 2.29. The molecule has 1 aromatic heterocycles. The van der Waals surface area contributed by atoms with Gasteiger partial charge in [-0.05, 0) is 30.2 Å². The van der Waals surface area contributed by atoms with E-state index < -0.39 is 5.82 Å². The van der Waals surface area contributed by atoms with Gasteiger partial charge in [-0.15, -0.1) is 0 Å². The molecule has 0 fully saturated rings. The first-order chi connectivity index (χ1) is 7.22. The zero-order chi connectivity index (χ0) is 10.8. The van der Waals surface area contributed by atoms with Gasteiger partial charge in [0.05, 0.1) is 18.1 Å². The van der Waals surface area contributed by atoms with Crippen LogP contribution in [0.4, 0.5) is 4.39 Å². The van der Waals surface area contributed by atoms with Gasteiger partial charge in [0.2, 0.25) is 0 Å². The minimum Gasteiger partial charge on any atom is -0.472 e. The van der Waals surface area contributed by atoms with Crippen LogP contribution in [0.5, 0.6) is 0 Å². The van der Waals surface area contributed by atoms with E-state index in [4.69, 9.17) is 4.42 Å². The summed E-state index contributed by atoms with van der Waals surface area (Å²) in [4.78, 5) is 10.6. The van der Waals surface area contributed by atoms with E-state index in [1.165, 1.54) is 12.1 Å². The maximum Gasteiger partial charge on any atom is 0.153 e. The summed E-state index contributed by atoms with van der Waals surface area (Å²) < 4.78 is 18.1. The normalized spacial score (nSPS) is 10.3. The van der Waals surface area contributed by atoms with Gasteiger partial charge in [0, 0.05) is 5.56 Å². The van der Waals surface area contributed by atoms with Crippen LogP contribution in [0.1, 0.15) is 15.9 Å². The number of benzene rings is 1. The molecule has 2 aromatic rings. The summed E-state index contributed by atoms with van der Waals surface area (Å²) in [6.07, 6.45) is 3.70. The molecule has 0 amide bonds. The predicted molar refractivity (Wildman–Crippen MR) is 54.2 cm³/mol. The SMILES string of the molecule is Cc1cocc1-c1ccc(F)c(C=O)c1. The van der Waals surface area contributed by atoms with Crippen molar-refractivity contribution in [1.82, 2.24) is 0 Å². The Morgan fingerprint density at radius 1 is 1.33 bits per heavy atom. The maximum absolute atomic E-state index is 13.1. The predicted octanol–water partition coefficient (Wildman–Crippen LogP) is 3.21. The summed E-state index contributed by atoms with van der Waals surface area (Å²) in [5.41, 5.74) is 2.68. The van der Waals surface area contributed by atoms with Gasteiger partial charge in [-0.25, -0.2) is 4.39 Å². The van der Waals surface area contributed by atoms with E-state index in [-0.39, 0.29) is 5.56 Å². The summed E-state index contributed by atoms with van der Waals surface area (Å²) in [6, 6.07) is 4.42. The second kappa shape index (κ2) is 3.69. The topological polar surface area (TPSA) is 30.2 Å². The van der Waals surface area contributed by atoms with E-state index in [0.29, 0.717) is 6.29 Å². The van der Waals surface area contributed by atoms with Crippen molar-refractivity contribution in [2.24, 2.45) is 0 Å². The van der Waals surface area contributed by atoms with Crippen molar-refractivity contribution in [3.63, 3.8) is 0 Å². The van der Waals surface area contributed by atoms with Gasteiger partial charge in [-0.3, -0.25) is 4.79 Å². The lowest BCUT2D eigenvalue weighted by Gasteiger charge is -2.01. The summed E-state index contributed by atoms with van der Waals surface area (Å²) in [6.45, 7) is 1.89. The third-order valence-corrected chi connectivity index (χ3v) is 2.29. The highest BCUT2D eigenvalue weighted by molar-refractivity contribution is 5.79. The highest BCUT2D eigenvalue weighted by atomic mass is 19.1. The van der Waals surface area contributed by atoms with Gasteiger partial charge in [0.15, 0.2) is 6.29 Å². The lowest BCUT2D eigenvalue weighted by Crippen LogP contribution is -1.88. The van der Waals surface area contributed by atoms with Crippen molar-refractivity contribution in [1.29, 1.82) is 0 Å². The maximum atomic E-state index is 13.1. The largest absolute Gasteiger partial charge is 0.472 e. The molecular formula is C12H9FO2. The molecule has 76 valence electrons. The Bertz CT molecular complexity index is 500. The molecule has 0 atom stereocenters. The lowest BCUT2D eigenvalue weighted by molar-refractivity contribution is 0.112. The Morgan fingerprint density at radius 2 is 2.13 bits per heavy atom. The van der Waals surface area contributed by atoms with Crippen LogP contribution in [0, 0.1) is 12.7 Å². The number of carbonyl (C=O) groups excluding carboxylic acids is 1. The fraction of sp³-hybridized carbons (Fsp3) is 0.0833. The molecule has 0 saturated heterocycles. The van der Waals surface area contributed by atoms with Gasteiger partial charge in [0.25, 0.3) is 0 Å². The molecule has 0 spiro atoms. The summed E-state index contributed by atoms with van der Waals surface area (Å²) in [5.74, 6) is -0.505. The van der Waals surface area contributed by atoms with Gasteiger partial charge in [-0.2, -0.15) is 0 Å². The zero-order valence-electron chi connectivity index (χ0n) is 8.16. The van der Waals surface area contributed by atoms with Gasteiger partial charge in [0.1, 0.15) is 5.82 Å². The van der Waals surface area contributed by atoms with Crippen molar-refractivity contribution in [2.75, 3.05) is 0 Å². The highest BCUT2D eigenvalue weighted by Gasteiger charge is 2.07. The number of aryl methyl sites for hydroxylation is 1. The van der Waals surface area contributed by atoms with Crippen LogP contribution in [-0.4, -0.2) is 6.29 Å². The van der Waals surface area contributed by atoms with Gasteiger partial charge in [-0.1, -0.05) is 6.07 Å². The molecule has 15 heavy (non-hydrogen) atoms. The van der Waals surface area contributed by atoms with Crippen LogP contribution in [-0.2, 0) is 0 Å². The Balaban J connectivity index is 2.55. The fourth-order valence-electron chi connectivity index (χ4n) is 1.46. The molecule has 0 aliphatic heterocycles. The van der Waals surface area contributed by atoms with Gasteiger partial charge < -0.3 is 4.42 Å². The number of carbonyl (C=O) groups is 1. The summed E-state index contributed by atoms with van der Waals surface area (Å²) in [5, 5.41) is 0. The Morgan fingerprint density at radius 3 is 2.73 bits per heavy atom. The van der Waals surface area contributed by atoms with Crippen molar-refractivity contribution >= 4 is 6.29 Å². The molecule has 2 rings (SSSR count). The second-order valence-electron chi connectivity index (χ2n) is 3.32. The molecule has 1 aromatic carbocycles. The number of hydrogen-bond donors (Lipinski definition) is 0. The number of aldehydes is 1. The fourth-order valence-corrected chi connectivity index (χ4v) is 1.46. The highest BCUT2D eigenvalue weighted by Crippen LogP contribution is 2.25. The molecule has 0 bridgehead atoms. The third kappa shape index (κ3) is 1.68. The molecule has 0 saturated carbocycles. The van der Waals surface area contributed by atoms with E-state index in [0.717, 1.165) is 16.7 Å². The number of halogens is 1. The van der Waals surface area contributed by atoms with Crippen LogP contribution in [0.2, 0.25) is 0 Å². The quantitative estimate of drug-likeness (QED) is 0.703. The lowest BCUT2D eigenvalue weighted by atomic mass is 10.0. The van der Waals surface area contributed by atoms with Crippen molar-refractivity contribution in [2.45, 2.75) is 6.92 Å². The average Bonchev–Trinajstić information content (AvgIpc) is 2.65. The molecule has 1 heterocycles. The van der Waals surface area contributed by atoms with E-state index in [9.17, 15) is 9.18 Å². The van der Waals surface area contributed by atoms with E-state index >= 15 is 0 Å². The van der Waals surface area contributed by atoms with Crippen LogP contribution < -0.4 is 0 Å². The first-order valence-corrected chi connectivity index (χ1v) is 4.50. The smallest absolute Gasteiger partial charge is 0.153 e. The first-order valence-electron chi connectivity index (χ1n) is 4.50. The van der Waals surface area contributed by atoms with Crippen molar-refractivity contribution < 1.29 is 13.6 Å². The molecule has 0 N–H and O–H groups in total. The van der Waals surface area contributed by atoms with E-state index in [1.54, 1.807) is 18.6 Å². The number of rotatable bonds is 2. The number of furan rings is 1. The van der Waals surface area contributed by atoms with E-state index in [1.807, 2.05) is 6.92 Å². The van der Waals surface area contributed by atoms with Crippen LogP contribution in [0.3, 0.4) is 0 Å². The Labute approximate surface area is 86.3 Å². The Kier molecular flexibility index (Phi) is 2.37. The standard InChI is InChI=1S/C12H9FO2/c1-8-6-15-7-11(8)9-2-3-12(13)10(4-9)5-14/h2-7H,1H3. The molecular weight excluding hydrogens is 195 g/mol. The second-order valence-corrected chi connectivity index (χ2v) is 3.32. The van der Waals surface area contributed by atoms with Crippen molar-refractivity contribution in [3.8, 4) is 11.1 Å². The minimum absolute atomic E-state index is 0.0631. The summed E-state index contributed by atoms with van der Waals surface area (Å²) >= 11 is 0. The Hall–Kier alpha value is -1.90. The molecule has 0 aliphatic rings. The van der Waals surface area contributed by atoms with Crippen LogP contribution >= 0.6 is 0 Å². The molecule has 0 radical (unpaired) electrons. The minimum atomic E-state index is -0.505. The number of hydrogen-bond acceptors (Lipinski definition) is 2. The first kappa shape index (κ1) is 9.65. The van der Waals surface area contributed by atoms with E-state index in [2.05, 4.69) is 0 Å². The summed E-state index contributed by atoms with van der Waals surface area (Å²) in [7, 11) is 0. The molecule has 3 heteroatoms. The molecule has 0 aliphatic carbocycles. The van der Waals surface area contributed by atoms with Gasteiger partial charge >= 0.3 is 0 Å². The van der Waals surface area contributed by atoms with Crippen molar-refractivity contribution in [3.05, 3.63) is 47.7 Å².